The molecule has 1 saturated heterocycles. The molecule has 0 aliphatic carbocycles. The fourth-order valence-corrected chi connectivity index (χ4v) is 5.05. The van der Waals surface area contributed by atoms with Crippen molar-refractivity contribution in [3.05, 3.63) is 98.7 Å². The molecule has 3 heterocycles. The van der Waals surface area contributed by atoms with Crippen LogP contribution in [0.3, 0.4) is 0 Å². The van der Waals surface area contributed by atoms with Crippen LogP contribution in [0.15, 0.2) is 53.5 Å². The van der Waals surface area contributed by atoms with Crippen molar-refractivity contribution < 1.29 is 32.6 Å². The molecule has 5 rings (SSSR count). The SMILES string of the molecule is C[C@]1(O)CCN2C[C@H](C1)n1cc(C(=O)NCc3c(F)cc(F)cc3F)c(=O)c(OCc3ccccc3)c1C2=O. The summed E-state index contributed by atoms with van der Waals surface area (Å²) in [4.78, 5) is 41.7. The topological polar surface area (TPSA) is 101 Å². The van der Waals surface area contributed by atoms with Crippen molar-refractivity contribution in [2.45, 2.75) is 44.6 Å². The minimum Gasteiger partial charge on any atom is -0.483 e. The number of hydrogen-bond donors (Lipinski definition) is 2. The van der Waals surface area contributed by atoms with E-state index in [-0.39, 0.29) is 37.6 Å². The van der Waals surface area contributed by atoms with E-state index in [1.807, 2.05) is 6.07 Å². The Morgan fingerprint density at radius 1 is 1.15 bits per heavy atom. The van der Waals surface area contributed by atoms with E-state index in [0.29, 0.717) is 18.6 Å². The fraction of sp³-hybridized carbons (Fsp3) is 0.321. The van der Waals surface area contributed by atoms with Crippen LogP contribution in [0.1, 0.15) is 57.8 Å². The number of benzene rings is 2. The van der Waals surface area contributed by atoms with E-state index in [1.54, 1.807) is 36.1 Å². The van der Waals surface area contributed by atoms with Gasteiger partial charge >= 0.3 is 0 Å². The van der Waals surface area contributed by atoms with Crippen molar-refractivity contribution in [2.75, 3.05) is 13.1 Å². The summed E-state index contributed by atoms with van der Waals surface area (Å²) >= 11 is 0. The van der Waals surface area contributed by atoms with Crippen molar-refractivity contribution in [2.24, 2.45) is 0 Å². The molecule has 2 bridgehead atoms. The molecule has 0 spiro atoms. The maximum atomic E-state index is 14.1. The second-order valence-corrected chi connectivity index (χ2v) is 10.1. The van der Waals surface area contributed by atoms with Gasteiger partial charge in [0.2, 0.25) is 5.43 Å². The fourth-order valence-electron chi connectivity index (χ4n) is 5.05. The summed E-state index contributed by atoms with van der Waals surface area (Å²) in [6.07, 6.45) is 1.80. The highest BCUT2D eigenvalue weighted by molar-refractivity contribution is 5.99. The zero-order valence-corrected chi connectivity index (χ0v) is 21.0. The number of rotatable bonds is 6. The normalized spacial score (nSPS) is 20.3. The molecule has 8 nitrogen and oxygen atoms in total. The van der Waals surface area contributed by atoms with Gasteiger partial charge in [-0.3, -0.25) is 14.4 Å². The minimum atomic E-state index is -1.19. The summed E-state index contributed by atoms with van der Waals surface area (Å²) in [5.41, 5.74) is -2.26. The second kappa shape index (κ2) is 10.2. The number of aliphatic hydroxyl groups is 1. The molecule has 2 amide bonds. The number of carbonyl (C=O) groups is 2. The molecule has 11 heteroatoms. The molecule has 0 radical (unpaired) electrons. The summed E-state index contributed by atoms with van der Waals surface area (Å²) in [7, 11) is 0. The number of aromatic nitrogens is 1. The van der Waals surface area contributed by atoms with Crippen LogP contribution in [-0.2, 0) is 13.2 Å². The van der Waals surface area contributed by atoms with Gasteiger partial charge in [0.15, 0.2) is 11.4 Å². The van der Waals surface area contributed by atoms with Gasteiger partial charge in [0, 0.05) is 43.5 Å². The maximum absolute atomic E-state index is 14.1. The van der Waals surface area contributed by atoms with E-state index < -0.39 is 64.0 Å². The van der Waals surface area contributed by atoms with Crippen molar-refractivity contribution in [3.63, 3.8) is 0 Å². The van der Waals surface area contributed by atoms with E-state index in [4.69, 9.17) is 4.74 Å². The summed E-state index contributed by atoms with van der Waals surface area (Å²) in [6, 6.07) is 9.44. The van der Waals surface area contributed by atoms with E-state index >= 15 is 0 Å². The van der Waals surface area contributed by atoms with Gasteiger partial charge in [0.1, 0.15) is 29.6 Å². The predicted octanol–water partition coefficient (Wildman–Crippen LogP) is 3.32. The molecule has 2 aliphatic heterocycles. The van der Waals surface area contributed by atoms with Gasteiger partial charge in [-0.25, -0.2) is 13.2 Å². The Kier molecular flexibility index (Phi) is 6.94. The molecule has 1 aromatic heterocycles. The lowest BCUT2D eigenvalue weighted by molar-refractivity contribution is 0.0368. The Morgan fingerprint density at radius 2 is 1.85 bits per heavy atom. The highest BCUT2D eigenvalue weighted by Gasteiger charge is 2.41. The molecule has 1 fully saturated rings. The van der Waals surface area contributed by atoms with Gasteiger partial charge in [0.05, 0.1) is 11.6 Å². The summed E-state index contributed by atoms with van der Waals surface area (Å²) in [5, 5.41) is 13.1. The third-order valence-corrected chi connectivity index (χ3v) is 7.10. The van der Waals surface area contributed by atoms with Crippen LogP contribution in [0, 0.1) is 17.5 Å². The Bertz CT molecular complexity index is 1480. The number of hydrogen-bond acceptors (Lipinski definition) is 5. The van der Waals surface area contributed by atoms with Gasteiger partial charge in [-0.05, 0) is 25.3 Å². The van der Waals surface area contributed by atoms with E-state index in [9.17, 15) is 32.7 Å². The third-order valence-electron chi connectivity index (χ3n) is 7.10. The predicted molar refractivity (Wildman–Crippen MR) is 134 cm³/mol. The molecule has 2 atom stereocenters. The van der Waals surface area contributed by atoms with Gasteiger partial charge in [-0.15, -0.1) is 0 Å². The molecule has 2 aromatic carbocycles. The van der Waals surface area contributed by atoms with Gasteiger partial charge in [-0.2, -0.15) is 0 Å². The maximum Gasteiger partial charge on any atom is 0.274 e. The van der Waals surface area contributed by atoms with E-state index in [1.165, 1.54) is 10.8 Å². The highest BCUT2D eigenvalue weighted by Crippen LogP contribution is 2.36. The number of ether oxygens (including phenoxy) is 1. The number of fused-ring (bicyclic) bond motifs is 4. The zero-order valence-electron chi connectivity index (χ0n) is 21.0. The van der Waals surface area contributed by atoms with Crippen molar-refractivity contribution in [1.82, 2.24) is 14.8 Å². The van der Waals surface area contributed by atoms with E-state index in [0.717, 1.165) is 5.56 Å². The molecule has 0 unspecified atom stereocenters. The Hall–Kier alpha value is -4.12. The first-order chi connectivity index (χ1) is 18.5. The number of halogens is 3. The van der Waals surface area contributed by atoms with Crippen molar-refractivity contribution in [1.29, 1.82) is 0 Å². The number of nitrogens with one attached hydrogen (secondary N) is 1. The van der Waals surface area contributed by atoms with Gasteiger partial charge in [-0.1, -0.05) is 30.3 Å². The van der Waals surface area contributed by atoms with Crippen LogP contribution < -0.4 is 15.5 Å². The third kappa shape index (κ3) is 5.26. The quantitative estimate of drug-likeness (QED) is 0.499. The molecule has 39 heavy (non-hydrogen) atoms. The smallest absolute Gasteiger partial charge is 0.274 e. The number of pyridine rings is 1. The first-order valence-electron chi connectivity index (χ1n) is 12.4. The van der Waals surface area contributed by atoms with Gasteiger partial charge in [0.25, 0.3) is 11.8 Å². The Balaban J connectivity index is 1.55. The van der Waals surface area contributed by atoms with Crippen LogP contribution in [0.25, 0.3) is 0 Å². The summed E-state index contributed by atoms with van der Waals surface area (Å²) in [5.74, 6) is -5.23. The summed E-state index contributed by atoms with van der Waals surface area (Å²) in [6.45, 7) is 1.49. The second-order valence-electron chi connectivity index (χ2n) is 10.1. The number of amides is 2. The number of nitrogens with zero attached hydrogens (tertiary/aromatic N) is 2. The average molecular weight is 542 g/mol. The van der Waals surface area contributed by atoms with Crippen LogP contribution >= 0.6 is 0 Å². The van der Waals surface area contributed by atoms with Crippen molar-refractivity contribution >= 4 is 11.8 Å². The molecular formula is C28H26F3N3O5. The standard InChI is InChI=1S/C28H26F3N3O5/c1-28(38)7-8-33-13-18(11-28)34-14-20(26(36)32-12-19-21(30)9-17(29)10-22(19)31)24(35)25(23(34)27(33)37)39-15-16-5-3-2-4-6-16/h2-6,9-10,14,18,38H,7-8,11-13,15H2,1H3,(H,32,36)/t18-,28-/m0/s1. The minimum absolute atomic E-state index is 0.0305. The van der Waals surface area contributed by atoms with Crippen LogP contribution in [0.4, 0.5) is 13.2 Å². The Morgan fingerprint density at radius 3 is 2.54 bits per heavy atom. The molecule has 2 aliphatic rings. The van der Waals surface area contributed by atoms with Crippen molar-refractivity contribution in [3.8, 4) is 5.75 Å². The lowest BCUT2D eigenvalue weighted by Crippen LogP contribution is -2.45. The van der Waals surface area contributed by atoms with Crippen LogP contribution in [-0.4, -0.2) is 45.1 Å². The average Bonchev–Trinajstić information content (AvgIpc) is 3.02. The highest BCUT2D eigenvalue weighted by atomic mass is 19.1. The van der Waals surface area contributed by atoms with Gasteiger partial charge < -0.3 is 24.6 Å². The zero-order chi connectivity index (χ0) is 27.9. The Labute approximate surface area is 221 Å². The molecule has 2 N–H and O–H groups in total. The summed E-state index contributed by atoms with van der Waals surface area (Å²) < 4.78 is 48.8. The van der Waals surface area contributed by atoms with Crippen LogP contribution in [0.5, 0.6) is 5.75 Å². The first kappa shape index (κ1) is 26.5. The van der Waals surface area contributed by atoms with Crippen LogP contribution in [0.2, 0.25) is 0 Å². The lowest BCUT2D eigenvalue weighted by atomic mass is 9.94. The molecule has 3 aromatic rings. The monoisotopic (exact) mass is 541 g/mol. The molecular weight excluding hydrogens is 515 g/mol. The largest absolute Gasteiger partial charge is 0.483 e. The molecule has 0 saturated carbocycles. The lowest BCUT2D eigenvalue weighted by Gasteiger charge is -2.35. The first-order valence-corrected chi connectivity index (χ1v) is 12.4. The molecule has 204 valence electrons. The van der Waals surface area contributed by atoms with E-state index in [2.05, 4.69) is 5.32 Å². The number of carbonyl (C=O) groups excluding carboxylic acids is 2.